The van der Waals surface area contributed by atoms with Gasteiger partial charge in [0.2, 0.25) is 0 Å². The minimum Gasteiger partial charge on any atom is -0.508 e. The van der Waals surface area contributed by atoms with Gasteiger partial charge in [0.05, 0.1) is 7.11 Å². The molecule has 1 aliphatic heterocycles. The Morgan fingerprint density at radius 2 is 1.84 bits per heavy atom. The van der Waals surface area contributed by atoms with Gasteiger partial charge in [-0.2, -0.15) is 0 Å². The Morgan fingerprint density at radius 3 is 2.42 bits per heavy atom. The predicted molar refractivity (Wildman–Crippen MR) is 68.1 cm³/mol. The van der Waals surface area contributed by atoms with Gasteiger partial charge in [-0.3, -0.25) is 14.4 Å². The molecule has 1 aromatic rings. The maximum absolute atomic E-state index is 11.9. The fraction of sp³-hybridized carbons (Fsp3) is 0.154. The first kappa shape index (κ1) is 13.0. The molecule has 98 valence electrons. The van der Waals surface area contributed by atoms with E-state index < -0.39 is 11.8 Å². The van der Waals surface area contributed by atoms with Gasteiger partial charge in [0.25, 0.3) is 5.91 Å². The summed E-state index contributed by atoms with van der Waals surface area (Å²) in [6.07, 6.45) is 1.52. The second-order valence-electron chi connectivity index (χ2n) is 3.91. The Balaban J connectivity index is 2.41. The molecule has 2 amide bonds. The molecule has 6 nitrogen and oxygen atoms in total. The van der Waals surface area contributed by atoms with Crippen molar-refractivity contribution in [2.45, 2.75) is 6.92 Å². The lowest BCUT2D eigenvalue weighted by Crippen LogP contribution is -2.43. The Bertz CT molecular complexity index is 587. The van der Waals surface area contributed by atoms with Crippen LogP contribution in [-0.4, -0.2) is 34.8 Å². The molecule has 19 heavy (non-hydrogen) atoms. The minimum absolute atomic E-state index is 0.102. The van der Waals surface area contributed by atoms with Gasteiger partial charge in [0.1, 0.15) is 17.2 Å². The molecular formula is C13H12N2O4. The van der Waals surface area contributed by atoms with E-state index in [1.807, 2.05) is 0 Å². The molecule has 6 heteroatoms. The molecule has 1 aromatic carbocycles. The second-order valence-corrected chi connectivity index (χ2v) is 3.91. The highest BCUT2D eigenvalue weighted by Gasteiger charge is 2.31. The highest BCUT2D eigenvalue weighted by Crippen LogP contribution is 2.18. The Kier molecular flexibility index (Phi) is 3.43. The SMILES string of the molecule is CON1C(=O)C(C)=N/C(=C\c2ccc(O)cc2)C1=O. The molecule has 0 unspecified atom stereocenters. The number of nitrogens with zero attached hydrogens (tertiary/aromatic N) is 2. The Morgan fingerprint density at radius 1 is 1.21 bits per heavy atom. The van der Waals surface area contributed by atoms with Crippen LogP contribution in [0, 0.1) is 0 Å². The van der Waals surface area contributed by atoms with Crippen LogP contribution >= 0.6 is 0 Å². The molecule has 0 aliphatic carbocycles. The summed E-state index contributed by atoms with van der Waals surface area (Å²) < 4.78 is 0. The number of hydroxylamine groups is 2. The number of benzene rings is 1. The molecular weight excluding hydrogens is 248 g/mol. The third kappa shape index (κ3) is 2.53. The van der Waals surface area contributed by atoms with E-state index >= 15 is 0 Å². The topological polar surface area (TPSA) is 79.2 Å². The lowest BCUT2D eigenvalue weighted by atomic mass is 10.1. The number of rotatable bonds is 2. The van der Waals surface area contributed by atoms with Gasteiger partial charge < -0.3 is 5.11 Å². The number of carbonyl (C=O) groups is 2. The summed E-state index contributed by atoms with van der Waals surface area (Å²) in [4.78, 5) is 32.2. The highest BCUT2D eigenvalue weighted by molar-refractivity contribution is 6.43. The zero-order chi connectivity index (χ0) is 14.0. The number of aliphatic imine (C=N–C) groups is 1. The van der Waals surface area contributed by atoms with Crippen LogP contribution in [-0.2, 0) is 14.4 Å². The summed E-state index contributed by atoms with van der Waals surface area (Å²) in [7, 11) is 1.24. The van der Waals surface area contributed by atoms with Crippen molar-refractivity contribution in [3.63, 3.8) is 0 Å². The van der Waals surface area contributed by atoms with Gasteiger partial charge in [-0.25, -0.2) is 4.99 Å². The average Bonchev–Trinajstić information content (AvgIpc) is 2.39. The van der Waals surface area contributed by atoms with Crippen LogP contribution < -0.4 is 0 Å². The Hall–Kier alpha value is -2.47. The molecule has 0 radical (unpaired) electrons. The van der Waals surface area contributed by atoms with Crippen LogP contribution in [0.3, 0.4) is 0 Å². The highest BCUT2D eigenvalue weighted by atomic mass is 16.7. The minimum atomic E-state index is -0.619. The van der Waals surface area contributed by atoms with Crippen LogP contribution in [0.25, 0.3) is 6.08 Å². The molecule has 2 rings (SSSR count). The van der Waals surface area contributed by atoms with E-state index in [2.05, 4.69) is 4.99 Å². The van der Waals surface area contributed by atoms with Gasteiger partial charge in [0, 0.05) is 0 Å². The largest absolute Gasteiger partial charge is 0.508 e. The van der Waals surface area contributed by atoms with Crippen molar-refractivity contribution >= 4 is 23.6 Å². The number of phenolic OH excluding ortho intramolecular Hbond substituents is 1. The molecule has 1 N–H and O–H groups in total. The zero-order valence-corrected chi connectivity index (χ0v) is 10.5. The van der Waals surface area contributed by atoms with Crippen molar-refractivity contribution in [2.75, 3.05) is 7.11 Å². The molecule has 1 aliphatic rings. The van der Waals surface area contributed by atoms with Crippen molar-refractivity contribution < 1.29 is 19.5 Å². The molecule has 0 aromatic heterocycles. The number of aromatic hydroxyl groups is 1. The first-order chi connectivity index (χ1) is 9.02. The van der Waals surface area contributed by atoms with E-state index in [0.717, 1.165) is 0 Å². The standard InChI is InChI=1S/C13H12N2O4/c1-8-12(17)15(19-2)13(18)11(14-8)7-9-3-5-10(16)6-4-9/h3-7,16H,1-2H3/b11-7-. The lowest BCUT2D eigenvalue weighted by Gasteiger charge is -2.21. The number of hydrogen-bond donors (Lipinski definition) is 1. The third-order valence-electron chi connectivity index (χ3n) is 2.56. The van der Waals surface area contributed by atoms with E-state index in [0.29, 0.717) is 10.6 Å². The maximum Gasteiger partial charge on any atom is 0.303 e. The van der Waals surface area contributed by atoms with Crippen molar-refractivity contribution in [1.29, 1.82) is 0 Å². The van der Waals surface area contributed by atoms with E-state index in [9.17, 15) is 14.7 Å². The summed E-state index contributed by atoms with van der Waals surface area (Å²) in [6, 6.07) is 6.26. The quantitative estimate of drug-likeness (QED) is 0.638. The van der Waals surface area contributed by atoms with E-state index in [-0.39, 0.29) is 17.2 Å². The van der Waals surface area contributed by atoms with Crippen LogP contribution in [0.2, 0.25) is 0 Å². The fourth-order valence-electron chi connectivity index (χ4n) is 1.61. The number of phenols is 1. The summed E-state index contributed by atoms with van der Waals surface area (Å²) in [5.74, 6) is -1.06. The van der Waals surface area contributed by atoms with Crippen LogP contribution in [0.1, 0.15) is 12.5 Å². The second kappa shape index (κ2) is 5.03. The first-order valence-electron chi connectivity index (χ1n) is 5.52. The van der Waals surface area contributed by atoms with Gasteiger partial charge in [-0.1, -0.05) is 12.1 Å². The summed E-state index contributed by atoms with van der Waals surface area (Å²) in [6.45, 7) is 1.51. The average molecular weight is 260 g/mol. The van der Waals surface area contributed by atoms with Crippen molar-refractivity contribution in [2.24, 2.45) is 4.99 Å². The van der Waals surface area contributed by atoms with Crippen molar-refractivity contribution in [3.05, 3.63) is 35.5 Å². The molecule has 0 atom stereocenters. The summed E-state index contributed by atoms with van der Waals surface area (Å²) in [5.41, 5.74) is 0.958. The maximum atomic E-state index is 11.9. The molecule has 0 spiro atoms. The van der Waals surface area contributed by atoms with Crippen molar-refractivity contribution in [3.8, 4) is 5.75 Å². The molecule has 0 saturated heterocycles. The number of carbonyl (C=O) groups excluding carboxylic acids is 2. The fourth-order valence-corrected chi connectivity index (χ4v) is 1.61. The van der Waals surface area contributed by atoms with Gasteiger partial charge in [0.15, 0.2) is 0 Å². The molecule has 0 bridgehead atoms. The van der Waals surface area contributed by atoms with Gasteiger partial charge in [-0.05, 0) is 30.7 Å². The summed E-state index contributed by atoms with van der Waals surface area (Å²) in [5, 5.41) is 9.84. The normalized spacial score (nSPS) is 17.9. The first-order valence-corrected chi connectivity index (χ1v) is 5.52. The van der Waals surface area contributed by atoms with Crippen LogP contribution in [0.4, 0.5) is 0 Å². The monoisotopic (exact) mass is 260 g/mol. The van der Waals surface area contributed by atoms with Crippen LogP contribution in [0.5, 0.6) is 5.75 Å². The number of imide groups is 1. The third-order valence-corrected chi connectivity index (χ3v) is 2.56. The van der Waals surface area contributed by atoms with E-state index in [4.69, 9.17) is 4.84 Å². The zero-order valence-electron chi connectivity index (χ0n) is 10.5. The molecule has 1 heterocycles. The lowest BCUT2D eigenvalue weighted by molar-refractivity contribution is -0.180. The molecule has 0 fully saturated rings. The number of hydrogen-bond acceptors (Lipinski definition) is 5. The van der Waals surface area contributed by atoms with Gasteiger partial charge >= 0.3 is 5.91 Å². The smallest absolute Gasteiger partial charge is 0.303 e. The van der Waals surface area contributed by atoms with Gasteiger partial charge in [-0.15, -0.1) is 5.06 Å². The predicted octanol–water partition coefficient (Wildman–Crippen LogP) is 1.12. The van der Waals surface area contributed by atoms with Crippen LogP contribution in [0.15, 0.2) is 35.0 Å². The van der Waals surface area contributed by atoms with E-state index in [1.54, 1.807) is 12.1 Å². The number of amides is 2. The summed E-state index contributed by atoms with van der Waals surface area (Å²) >= 11 is 0. The van der Waals surface area contributed by atoms with E-state index in [1.165, 1.54) is 32.2 Å². The van der Waals surface area contributed by atoms with Crippen molar-refractivity contribution in [1.82, 2.24) is 5.06 Å². The Labute approximate surface area is 109 Å². The molecule has 0 saturated carbocycles.